The predicted molar refractivity (Wildman–Crippen MR) is 84.7 cm³/mol. The first-order valence-electron chi connectivity index (χ1n) is 8.32. The summed E-state index contributed by atoms with van der Waals surface area (Å²) in [6, 6.07) is -1.43. The van der Waals surface area contributed by atoms with Crippen molar-refractivity contribution in [3.63, 3.8) is 0 Å². The summed E-state index contributed by atoms with van der Waals surface area (Å²) in [5.41, 5.74) is 0. The number of urea groups is 1. The van der Waals surface area contributed by atoms with Crippen LogP contribution in [0.15, 0.2) is 0 Å². The molecule has 0 bridgehead atoms. The number of hydrogen-bond acceptors (Lipinski definition) is 3. The second kappa shape index (κ2) is 9.47. The summed E-state index contributed by atoms with van der Waals surface area (Å²) in [4.78, 5) is 36.8. The Morgan fingerprint density at radius 1 is 1.24 bits per heavy atom. The van der Waals surface area contributed by atoms with Gasteiger partial charge in [-0.25, -0.2) is 4.79 Å². The van der Waals surface area contributed by atoms with Gasteiger partial charge in [0.05, 0.1) is 0 Å². The first-order valence-corrected chi connectivity index (χ1v) is 8.32. The lowest BCUT2D eigenvalue weighted by Gasteiger charge is -2.24. The maximum absolute atomic E-state index is 12.2. The summed E-state index contributed by atoms with van der Waals surface area (Å²) in [5.74, 6) is -1.02. The Balaban J connectivity index is 2.41. The lowest BCUT2D eigenvalue weighted by Crippen LogP contribution is -2.51. The van der Waals surface area contributed by atoms with Crippen molar-refractivity contribution in [3.05, 3.63) is 0 Å². The molecule has 0 spiro atoms. The van der Waals surface area contributed by atoms with E-state index in [2.05, 4.69) is 10.6 Å². The molecule has 0 aromatic heterocycles. The third kappa shape index (κ3) is 7.61. The van der Waals surface area contributed by atoms with E-state index in [0.717, 1.165) is 6.42 Å². The molecule has 7 nitrogen and oxygen atoms in total. The first kappa shape index (κ1) is 21.0. The molecule has 1 aliphatic rings. The molecule has 0 aromatic rings. The molecule has 25 heavy (non-hydrogen) atoms. The summed E-state index contributed by atoms with van der Waals surface area (Å²) in [7, 11) is 0. The summed E-state index contributed by atoms with van der Waals surface area (Å²) in [5, 5.41) is 7.09. The third-order valence-electron chi connectivity index (χ3n) is 3.93. The van der Waals surface area contributed by atoms with Crippen LogP contribution in [0.5, 0.6) is 0 Å². The normalized spacial score (nSPS) is 18.6. The fraction of sp³-hybridized carbons (Fsp3) is 0.800. The van der Waals surface area contributed by atoms with E-state index in [9.17, 15) is 27.6 Å². The van der Waals surface area contributed by atoms with Crippen molar-refractivity contribution in [2.24, 2.45) is 0 Å². The van der Waals surface area contributed by atoms with E-state index in [-0.39, 0.29) is 31.5 Å². The molecule has 0 aliphatic carbocycles. The zero-order valence-electron chi connectivity index (χ0n) is 14.4. The molecule has 0 saturated carbocycles. The van der Waals surface area contributed by atoms with Gasteiger partial charge in [-0.2, -0.15) is 13.2 Å². The van der Waals surface area contributed by atoms with Crippen LogP contribution in [0.3, 0.4) is 0 Å². The molecule has 3 N–H and O–H groups in total. The number of nitrogens with one attached hydrogen (secondary N) is 3. The molecular formula is C15H25F3N4O3. The smallest absolute Gasteiger partial charge is 0.354 e. The number of alkyl halides is 3. The van der Waals surface area contributed by atoms with Crippen LogP contribution in [-0.2, 0) is 9.59 Å². The van der Waals surface area contributed by atoms with Crippen LogP contribution >= 0.6 is 0 Å². The van der Waals surface area contributed by atoms with Crippen molar-refractivity contribution >= 4 is 17.8 Å². The van der Waals surface area contributed by atoms with Gasteiger partial charge in [0.25, 0.3) is 0 Å². The van der Waals surface area contributed by atoms with Crippen molar-refractivity contribution < 1.29 is 27.6 Å². The van der Waals surface area contributed by atoms with Crippen molar-refractivity contribution in [1.29, 1.82) is 0 Å². The van der Waals surface area contributed by atoms with Crippen LogP contribution in [0.25, 0.3) is 0 Å². The highest BCUT2D eigenvalue weighted by Crippen LogP contribution is 2.18. The van der Waals surface area contributed by atoms with Gasteiger partial charge in [0.1, 0.15) is 12.6 Å². The van der Waals surface area contributed by atoms with Crippen molar-refractivity contribution in [2.45, 2.75) is 57.8 Å². The maximum atomic E-state index is 12.2. The van der Waals surface area contributed by atoms with Gasteiger partial charge in [-0.1, -0.05) is 6.92 Å². The topological polar surface area (TPSA) is 90.5 Å². The van der Waals surface area contributed by atoms with E-state index in [4.69, 9.17) is 0 Å². The van der Waals surface area contributed by atoms with Gasteiger partial charge in [0.2, 0.25) is 11.8 Å². The average molecular weight is 366 g/mol. The lowest BCUT2D eigenvalue weighted by molar-refractivity contribution is -0.140. The fourth-order valence-corrected chi connectivity index (χ4v) is 2.42. The van der Waals surface area contributed by atoms with Gasteiger partial charge in [-0.3, -0.25) is 9.59 Å². The average Bonchev–Trinajstić information content (AvgIpc) is 3.01. The number of likely N-dealkylation sites (tertiary alicyclic amines) is 1. The van der Waals surface area contributed by atoms with Crippen LogP contribution < -0.4 is 16.0 Å². The van der Waals surface area contributed by atoms with E-state index >= 15 is 0 Å². The van der Waals surface area contributed by atoms with Crippen LogP contribution in [-0.4, -0.2) is 60.6 Å². The minimum Gasteiger partial charge on any atom is -0.354 e. The number of rotatable bonds is 7. The van der Waals surface area contributed by atoms with Crippen LogP contribution in [0, 0.1) is 0 Å². The van der Waals surface area contributed by atoms with Crippen molar-refractivity contribution in [1.82, 2.24) is 20.9 Å². The van der Waals surface area contributed by atoms with Crippen LogP contribution in [0.2, 0.25) is 0 Å². The molecule has 144 valence electrons. The monoisotopic (exact) mass is 366 g/mol. The second-order valence-corrected chi connectivity index (χ2v) is 6.04. The van der Waals surface area contributed by atoms with Gasteiger partial charge in [0.15, 0.2) is 0 Å². The van der Waals surface area contributed by atoms with E-state index in [0.29, 0.717) is 12.8 Å². The molecule has 4 amide bonds. The number of carbonyl (C=O) groups is 3. The highest BCUT2D eigenvalue weighted by molar-refractivity contribution is 5.87. The number of amides is 4. The van der Waals surface area contributed by atoms with Gasteiger partial charge in [-0.05, 0) is 26.2 Å². The molecule has 10 heteroatoms. The van der Waals surface area contributed by atoms with Gasteiger partial charge in [0, 0.05) is 25.6 Å². The zero-order chi connectivity index (χ0) is 19.0. The molecule has 1 fully saturated rings. The minimum absolute atomic E-state index is 0.0449. The van der Waals surface area contributed by atoms with E-state index in [1.54, 1.807) is 5.32 Å². The largest absolute Gasteiger partial charge is 0.405 e. The van der Waals surface area contributed by atoms with E-state index in [1.807, 2.05) is 13.8 Å². The quantitative estimate of drug-likeness (QED) is 0.631. The molecule has 2 atom stereocenters. The zero-order valence-corrected chi connectivity index (χ0v) is 14.4. The van der Waals surface area contributed by atoms with Crippen molar-refractivity contribution in [3.8, 4) is 0 Å². The SMILES string of the molecule is CCC(C)NC(=O)CCNC(=O)N1CCCC1C(=O)NCC(F)(F)F. The lowest BCUT2D eigenvalue weighted by atomic mass is 10.2. The van der Waals surface area contributed by atoms with Crippen LogP contribution in [0.1, 0.15) is 39.5 Å². The molecule has 1 heterocycles. The summed E-state index contributed by atoms with van der Waals surface area (Å²) >= 11 is 0. The Bertz CT molecular complexity index is 485. The van der Waals surface area contributed by atoms with Gasteiger partial charge >= 0.3 is 12.2 Å². The van der Waals surface area contributed by atoms with Gasteiger partial charge < -0.3 is 20.9 Å². The number of nitrogens with zero attached hydrogens (tertiary/aromatic N) is 1. The molecule has 0 aromatic carbocycles. The van der Waals surface area contributed by atoms with E-state index in [1.165, 1.54) is 4.90 Å². The highest BCUT2D eigenvalue weighted by atomic mass is 19.4. The Morgan fingerprint density at radius 3 is 2.52 bits per heavy atom. The summed E-state index contributed by atoms with van der Waals surface area (Å²) in [6.07, 6.45) is -2.77. The molecule has 1 saturated heterocycles. The first-order chi connectivity index (χ1) is 11.6. The summed E-state index contributed by atoms with van der Waals surface area (Å²) < 4.78 is 36.5. The molecule has 0 radical (unpaired) electrons. The summed E-state index contributed by atoms with van der Waals surface area (Å²) in [6.45, 7) is 2.76. The number of hydrogen-bond donors (Lipinski definition) is 3. The Hall–Kier alpha value is -2.00. The fourth-order valence-electron chi connectivity index (χ4n) is 2.42. The maximum Gasteiger partial charge on any atom is 0.405 e. The van der Waals surface area contributed by atoms with E-state index < -0.39 is 30.7 Å². The Kier molecular flexibility index (Phi) is 7.98. The Morgan fingerprint density at radius 2 is 1.92 bits per heavy atom. The second-order valence-electron chi connectivity index (χ2n) is 6.04. The molecule has 2 unspecified atom stereocenters. The third-order valence-corrected chi connectivity index (χ3v) is 3.93. The number of halogens is 3. The Labute approximate surface area is 144 Å². The predicted octanol–water partition coefficient (Wildman–Crippen LogP) is 1.14. The standard InChI is InChI=1S/C15H25F3N4O3/c1-3-10(2)21-12(23)6-7-19-14(25)22-8-4-5-11(22)13(24)20-9-15(16,17)18/h10-11H,3-9H2,1-2H3,(H,19,25)(H,20,24)(H,21,23). The van der Waals surface area contributed by atoms with Crippen molar-refractivity contribution in [2.75, 3.05) is 19.6 Å². The van der Waals surface area contributed by atoms with Gasteiger partial charge in [-0.15, -0.1) is 0 Å². The molecule has 1 aliphatic heterocycles. The molecule has 1 rings (SSSR count). The number of carbonyl (C=O) groups excluding carboxylic acids is 3. The molecular weight excluding hydrogens is 341 g/mol. The minimum atomic E-state index is -4.50. The highest BCUT2D eigenvalue weighted by Gasteiger charge is 2.36. The van der Waals surface area contributed by atoms with Crippen LogP contribution in [0.4, 0.5) is 18.0 Å².